The molecule has 2 aromatic rings. The predicted octanol–water partition coefficient (Wildman–Crippen LogP) is 5.33. The molecule has 6 heteroatoms. The summed E-state index contributed by atoms with van der Waals surface area (Å²) < 4.78 is 6.68. The largest absolute Gasteiger partial charge is 0.489 e. The molecule has 1 saturated carbocycles. The van der Waals surface area contributed by atoms with E-state index < -0.39 is 5.72 Å². The number of benzene rings is 2. The third-order valence-electron chi connectivity index (χ3n) is 7.49. The van der Waals surface area contributed by atoms with Gasteiger partial charge >= 0.3 is 0 Å². The van der Waals surface area contributed by atoms with Gasteiger partial charge in [0.2, 0.25) is 11.7 Å². The van der Waals surface area contributed by atoms with Crippen LogP contribution >= 0.6 is 0 Å². The van der Waals surface area contributed by atoms with Gasteiger partial charge in [-0.05, 0) is 53.6 Å². The van der Waals surface area contributed by atoms with Crippen LogP contribution in [0.5, 0.6) is 5.75 Å². The number of aliphatic imine (C=N–C) groups is 1. The second-order valence-electron chi connectivity index (χ2n) is 9.60. The maximum absolute atomic E-state index is 9.31. The molecule has 0 aromatic heterocycles. The maximum atomic E-state index is 9.31. The molecule has 2 heterocycles. The minimum atomic E-state index is -0.881. The molecular weight excluding hydrogens is 412 g/mol. The highest BCUT2D eigenvalue weighted by Crippen LogP contribution is 2.50. The molecule has 1 spiro atoms. The van der Waals surface area contributed by atoms with Crippen LogP contribution in [0.2, 0.25) is 0 Å². The number of hydrogen-bond acceptors (Lipinski definition) is 6. The summed E-state index contributed by atoms with van der Waals surface area (Å²) in [6, 6.07) is 16.0. The van der Waals surface area contributed by atoms with E-state index in [0.29, 0.717) is 29.8 Å². The van der Waals surface area contributed by atoms with Gasteiger partial charge in [-0.3, -0.25) is 0 Å². The normalized spacial score (nSPS) is 28.7. The van der Waals surface area contributed by atoms with Crippen molar-refractivity contribution in [1.82, 2.24) is 5.06 Å². The molecule has 0 bridgehead atoms. The van der Waals surface area contributed by atoms with Crippen molar-refractivity contribution in [1.29, 1.82) is 5.26 Å². The molecule has 3 unspecified atom stereocenters. The lowest BCUT2D eigenvalue weighted by Gasteiger charge is -2.43. The first kappa shape index (κ1) is 21.8. The Kier molecular flexibility index (Phi) is 5.76. The van der Waals surface area contributed by atoms with Crippen molar-refractivity contribution in [2.45, 2.75) is 63.7 Å². The van der Waals surface area contributed by atoms with Crippen LogP contribution in [0.15, 0.2) is 47.5 Å². The number of fused-ring (bicyclic) bond motifs is 2. The standard InChI is InChI=1S/C27H32N4O2/c1-3-7-19-9-4-5-11-22(19)25-16-27(30-26(29)31(2)33-27)23-15-21(12-13-24(23)32-25)20-10-6-8-18(14-20)17-28/h6,8,10,12-15,19,22,25H,3-5,7,9,11,16H2,1-2H3,(H2,29,30)/t19?,22?,25-,27?/m1/s1. The Labute approximate surface area is 196 Å². The van der Waals surface area contributed by atoms with E-state index in [2.05, 4.69) is 25.1 Å². The Hall–Kier alpha value is -3.04. The SMILES string of the molecule is CCCC1CCCCC1[C@H]1CC2(N=C(N)N(C)O2)c2cc(-c3cccc(C#N)c3)ccc2O1. The molecular formula is C27H32N4O2. The van der Waals surface area contributed by atoms with Crippen LogP contribution in [0, 0.1) is 23.2 Å². The second-order valence-corrected chi connectivity index (χ2v) is 9.60. The zero-order valence-corrected chi connectivity index (χ0v) is 19.5. The highest BCUT2D eigenvalue weighted by atomic mass is 16.7. The van der Waals surface area contributed by atoms with Gasteiger partial charge in [-0.1, -0.05) is 57.2 Å². The first-order valence-electron chi connectivity index (χ1n) is 12.1. The van der Waals surface area contributed by atoms with Crippen LogP contribution in [0.25, 0.3) is 11.1 Å². The summed E-state index contributed by atoms with van der Waals surface area (Å²) in [5.41, 5.74) is 8.83. The molecule has 1 fully saturated rings. The number of rotatable bonds is 4. The molecule has 2 N–H and O–H groups in total. The van der Waals surface area contributed by atoms with Crippen LogP contribution in [-0.2, 0) is 10.6 Å². The number of guanidine groups is 1. The van der Waals surface area contributed by atoms with E-state index in [1.807, 2.05) is 30.3 Å². The van der Waals surface area contributed by atoms with Gasteiger partial charge in [-0.2, -0.15) is 5.26 Å². The van der Waals surface area contributed by atoms with E-state index >= 15 is 0 Å². The molecule has 0 radical (unpaired) electrons. The number of nitrogens with two attached hydrogens (primary N) is 1. The molecule has 3 aliphatic rings. The summed E-state index contributed by atoms with van der Waals surface area (Å²) in [4.78, 5) is 11.2. The van der Waals surface area contributed by atoms with E-state index in [1.165, 1.54) is 38.5 Å². The molecule has 0 saturated heterocycles. The molecule has 2 aliphatic heterocycles. The van der Waals surface area contributed by atoms with Crippen LogP contribution < -0.4 is 10.5 Å². The number of hydrogen-bond donors (Lipinski definition) is 1. The fourth-order valence-corrected chi connectivity index (χ4v) is 5.91. The third kappa shape index (κ3) is 3.95. The molecule has 172 valence electrons. The fourth-order valence-electron chi connectivity index (χ4n) is 5.91. The van der Waals surface area contributed by atoms with Crippen molar-refractivity contribution in [2.75, 3.05) is 7.05 Å². The molecule has 1 aliphatic carbocycles. The van der Waals surface area contributed by atoms with Crippen molar-refractivity contribution in [3.05, 3.63) is 53.6 Å². The second kappa shape index (κ2) is 8.72. The van der Waals surface area contributed by atoms with Crippen molar-refractivity contribution in [2.24, 2.45) is 22.6 Å². The van der Waals surface area contributed by atoms with E-state index in [0.717, 1.165) is 22.4 Å². The molecule has 5 rings (SSSR count). The quantitative estimate of drug-likeness (QED) is 0.689. The minimum Gasteiger partial charge on any atom is -0.489 e. The Morgan fingerprint density at radius 3 is 2.76 bits per heavy atom. The van der Waals surface area contributed by atoms with Gasteiger partial charge in [0, 0.05) is 13.5 Å². The summed E-state index contributed by atoms with van der Waals surface area (Å²) >= 11 is 0. The van der Waals surface area contributed by atoms with Gasteiger partial charge in [0.05, 0.1) is 17.2 Å². The van der Waals surface area contributed by atoms with Gasteiger partial charge in [-0.15, -0.1) is 0 Å². The van der Waals surface area contributed by atoms with Crippen LogP contribution in [-0.4, -0.2) is 24.2 Å². The number of nitriles is 1. The van der Waals surface area contributed by atoms with Crippen molar-refractivity contribution >= 4 is 5.96 Å². The first-order valence-corrected chi connectivity index (χ1v) is 12.1. The molecule has 4 atom stereocenters. The average molecular weight is 445 g/mol. The van der Waals surface area contributed by atoms with Crippen LogP contribution in [0.4, 0.5) is 0 Å². The van der Waals surface area contributed by atoms with Gasteiger partial charge in [0.1, 0.15) is 11.9 Å². The average Bonchev–Trinajstić information content (AvgIpc) is 3.12. The lowest BCUT2D eigenvalue weighted by atomic mass is 9.71. The minimum absolute atomic E-state index is 0.0465. The smallest absolute Gasteiger partial charge is 0.221 e. The highest BCUT2D eigenvalue weighted by molar-refractivity contribution is 5.79. The Morgan fingerprint density at radius 2 is 2.00 bits per heavy atom. The lowest BCUT2D eigenvalue weighted by Crippen LogP contribution is -2.45. The zero-order chi connectivity index (χ0) is 23.0. The van der Waals surface area contributed by atoms with Crippen molar-refractivity contribution < 1.29 is 9.57 Å². The molecule has 33 heavy (non-hydrogen) atoms. The summed E-state index contributed by atoms with van der Waals surface area (Å²) in [5.74, 6) is 2.38. The fraction of sp³-hybridized carbons (Fsp3) is 0.481. The summed E-state index contributed by atoms with van der Waals surface area (Å²) in [6.45, 7) is 2.27. The lowest BCUT2D eigenvalue weighted by molar-refractivity contribution is -0.196. The first-order chi connectivity index (χ1) is 16.0. The highest BCUT2D eigenvalue weighted by Gasteiger charge is 2.51. The Morgan fingerprint density at radius 1 is 1.18 bits per heavy atom. The Bertz CT molecular complexity index is 1110. The van der Waals surface area contributed by atoms with Gasteiger partial charge in [0.25, 0.3) is 0 Å². The van der Waals surface area contributed by atoms with Gasteiger partial charge < -0.3 is 10.5 Å². The summed E-state index contributed by atoms with van der Waals surface area (Å²) in [6.07, 6.45) is 8.17. The Balaban J connectivity index is 1.56. The topological polar surface area (TPSA) is 83.9 Å². The zero-order valence-electron chi connectivity index (χ0n) is 19.5. The van der Waals surface area contributed by atoms with Crippen molar-refractivity contribution in [3.63, 3.8) is 0 Å². The molecule has 2 aromatic carbocycles. The van der Waals surface area contributed by atoms with E-state index in [9.17, 15) is 5.26 Å². The summed E-state index contributed by atoms with van der Waals surface area (Å²) in [5, 5.41) is 10.9. The third-order valence-corrected chi connectivity index (χ3v) is 7.49. The van der Waals surface area contributed by atoms with Crippen LogP contribution in [0.1, 0.15) is 63.0 Å². The maximum Gasteiger partial charge on any atom is 0.221 e. The van der Waals surface area contributed by atoms with Crippen molar-refractivity contribution in [3.8, 4) is 22.9 Å². The number of ether oxygens (including phenoxy) is 1. The predicted molar refractivity (Wildman–Crippen MR) is 128 cm³/mol. The van der Waals surface area contributed by atoms with Gasteiger partial charge in [-0.25, -0.2) is 14.9 Å². The molecule has 6 nitrogen and oxygen atoms in total. The number of nitrogens with zero attached hydrogens (tertiary/aromatic N) is 3. The monoisotopic (exact) mass is 444 g/mol. The van der Waals surface area contributed by atoms with Gasteiger partial charge in [0.15, 0.2) is 0 Å². The van der Waals surface area contributed by atoms with E-state index in [4.69, 9.17) is 20.3 Å². The number of hydroxylamine groups is 2. The van der Waals surface area contributed by atoms with Crippen LogP contribution in [0.3, 0.4) is 0 Å². The summed E-state index contributed by atoms with van der Waals surface area (Å²) in [7, 11) is 1.80. The van der Waals surface area contributed by atoms with E-state index in [-0.39, 0.29) is 6.10 Å². The molecule has 0 amide bonds. The van der Waals surface area contributed by atoms with E-state index in [1.54, 1.807) is 12.1 Å².